The molecule has 1 fully saturated rings. The lowest BCUT2D eigenvalue weighted by Crippen LogP contribution is -2.53. The molecule has 108 valence electrons. The molecule has 2 heterocycles. The van der Waals surface area contributed by atoms with Crippen molar-refractivity contribution in [2.45, 2.75) is 19.9 Å². The highest BCUT2D eigenvalue weighted by molar-refractivity contribution is 5.92. The van der Waals surface area contributed by atoms with Crippen LogP contribution in [0.3, 0.4) is 0 Å². The van der Waals surface area contributed by atoms with Crippen molar-refractivity contribution >= 4 is 11.9 Å². The number of carbonyl (C=O) groups excluding carboxylic acids is 1. The van der Waals surface area contributed by atoms with Crippen LogP contribution >= 0.6 is 0 Å². The van der Waals surface area contributed by atoms with E-state index in [-0.39, 0.29) is 5.91 Å². The maximum Gasteiger partial charge on any atom is 0.320 e. The number of aromatic nitrogens is 2. The highest BCUT2D eigenvalue weighted by atomic mass is 16.4. The van der Waals surface area contributed by atoms with Crippen LogP contribution in [0.5, 0.6) is 0 Å². The van der Waals surface area contributed by atoms with Crippen LogP contribution in [-0.2, 0) is 4.79 Å². The Kier molecular flexibility index (Phi) is 4.29. The molecule has 1 unspecified atom stereocenters. The zero-order valence-corrected chi connectivity index (χ0v) is 11.6. The van der Waals surface area contributed by atoms with Crippen LogP contribution in [0.15, 0.2) is 12.4 Å². The molecule has 0 bridgehead atoms. The average Bonchev–Trinajstić information content (AvgIpc) is 2.46. The second-order valence-electron chi connectivity index (χ2n) is 4.89. The van der Waals surface area contributed by atoms with E-state index in [1.54, 1.807) is 18.0 Å². The number of carbonyl (C=O) groups is 2. The highest BCUT2D eigenvalue weighted by Crippen LogP contribution is 2.09. The van der Waals surface area contributed by atoms with Gasteiger partial charge in [0.25, 0.3) is 5.91 Å². The van der Waals surface area contributed by atoms with E-state index in [2.05, 4.69) is 9.97 Å². The van der Waals surface area contributed by atoms with Crippen molar-refractivity contribution in [2.24, 2.45) is 0 Å². The van der Waals surface area contributed by atoms with Gasteiger partial charge in [0.2, 0.25) is 0 Å². The van der Waals surface area contributed by atoms with Gasteiger partial charge in [0.15, 0.2) is 0 Å². The number of piperazine rings is 1. The lowest BCUT2D eigenvalue weighted by molar-refractivity contribution is -0.143. The summed E-state index contributed by atoms with van der Waals surface area (Å²) in [6.07, 6.45) is 3.04. The van der Waals surface area contributed by atoms with Gasteiger partial charge in [0.1, 0.15) is 11.7 Å². The summed E-state index contributed by atoms with van der Waals surface area (Å²) in [6.45, 7) is 5.59. The third-order valence-electron chi connectivity index (χ3n) is 3.51. The number of rotatable bonds is 3. The monoisotopic (exact) mass is 278 g/mol. The maximum absolute atomic E-state index is 12.2. The molecule has 20 heavy (non-hydrogen) atoms. The largest absolute Gasteiger partial charge is 0.480 e. The van der Waals surface area contributed by atoms with Crippen molar-refractivity contribution in [3.05, 3.63) is 23.8 Å². The molecule has 0 aliphatic carbocycles. The average molecular weight is 278 g/mol. The fourth-order valence-corrected chi connectivity index (χ4v) is 2.13. The minimum Gasteiger partial charge on any atom is -0.480 e. The highest BCUT2D eigenvalue weighted by Gasteiger charge is 2.28. The zero-order valence-electron chi connectivity index (χ0n) is 11.6. The minimum absolute atomic E-state index is 0.153. The van der Waals surface area contributed by atoms with Crippen LogP contribution in [0.1, 0.15) is 23.1 Å². The van der Waals surface area contributed by atoms with E-state index in [4.69, 9.17) is 5.11 Å². The van der Waals surface area contributed by atoms with Gasteiger partial charge in [-0.2, -0.15) is 0 Å². The maximum atomic E-state index is 12.2. The second kappa shape index (κ2) is 5.96. The van der Waals surface area contributed by atoms with E-state index in [1.807, 2.05) is 11.8 Å². The molecule has 1 atom stereocenters. The molecule has 1 aliphatic heterocycles. The first-order valence-corrected chi connectivity index (χ1v) is 6.54. The first-order chi connectivity index (χ1) is 9.49. The molecule has 7 heteroatoms. The smallest absolute Gasteiger partial charge is 0.320 e. The Balaban J connectivity index is 1.95. The van der Waals surface area contributed by atoms with Crippen LogP contribution in [-0.4, -0.2) is 69.0 Å². The molecular weight excluding hydrogens is 260 g/mol. The van der Waals surface area contributed by atoms with Crippen molar-refractivity contribution < 1.29 is 14.7 Å². The molecule has 0 saturated carbocycles. The van der Waals surface area contributed by atoms with E-state index in [9.17, 15) is 9.59 Å². The summed E-state index contributed by atoms with van der Waals surface area (Å²) in [5.41, 5.74) is 1.09. The summed E-state index contributed by atoms with van der Waals surface area (Å²) in [6, 6.07) is -0.522. The van der Waals surface area contributed by atoms with E-state index in [0.29, 0.717) is 31.9 Å². The zero-order chi connectivity index (χ0) is 14.7. The van der Waals surface area contributed by atoms with E-state index >= 15 is 0 Å². The Morgan fingerprint density at radius 2 is 1.85 bits per heavy atom. The fraction of sp³-hybridized carbons (Fsp3) is 0.538. The van der Waals surface area contributed by atoms with Crippen molar-refractivity contribution in [1.29, 1.82) is 0 Å². The third-order valence-corrected chi connectivity index (χ3v) is 3.51. The molecule has 1 aliphatic rings. The van der Waals surface area contributed by atoms with Crippen LogP contribution in [0.2, 0.25) is 0 Å². The summed E-state index contributed by atoms with van der Waals surface area (Å²) >= 11 is 0. The Labute approximate surface area is 117 Å². The molecule has 1 aromatic heterocycles. The molecule has 7 nitrogen and oxygen atoms in total. The SMILES string of the molecule is Cc1cnc(C(=O)N2CCN(C(C)C(=O)O)CC2)cn1. The number of hydrogen-bond donors (Lipinski definition) is 1. The number of hydrogen-bond acceptors (Lipinski definition) is 5. The summed E-state index contributed by atoms with van der Waals surface area (Å²) < 4.78 is 0. The Bertz CT molecular complexity index is 495. The number of nitrogens with zero attached hydrogens (tertiary/aromatic N) is 4. The molecular formula is C13H18N4O3. The molecule has 2 rings (SSSR count). The topological polar surface area (TPSA) is 86.6 Å². The van der Waals surface area contributed by atoms with Gasteiger partial charge in [-0.3, -0.25) is 19.5 Å². The van der Waals surface area contributed by atoms with Gasteiger partial charge in [-0.05, 0) is 13.8 Å². The van der Waals surface area contributed by atoms with E-state index in [1.165, 1.54) is 6.20 Å². The summed E-state index contributed by atoms with van der Waals surface area (Å²) in [5, 5.41) is 8.97. The molecule has 1 saturated heterocycles. The lowest BCUT2D eigenvalue weighted by Gasteiger charge is -2.36. The summed E-state index contributed by atoms with van der Waals surface area (Å²) in [7, 11) is 0. The predicted octanol–water partition coefficient (Wildman–Crippen LogP) is 0.0159. The quantitative estimate of drug-likeness (QED) is 0.838. The Morgan fingerprint density at radius 3 is 2.35 bits per heavy atom. The standard InChI is InChI=1S/C13H18N4O3/c1-9-7-15-11(8-14-9)12(18)17-5-3-16(4-6-17)10(2)13(19)20/h7-8,10H,3-6H2,1-2H3,(H,19,20). The van der Waals surface area contributed by atoms with Gasteiger partial charge in [-0.25, -0.2) is 4.98 Å². The van der Waals surface area contributed by atoms with E-state index < -0.39 is 12.0 Å². The predicted molar refractivity (Wildman–Crippen MR) is 71.3 cm³/mol. The van der Waals surface area contributed by atoms with Crippen molar-refractivity contribution in [2.75, 3.05) is 26.2 Å². The third kappa shape index (κ3) is 3.11. The van der Waals surface area contributed by atoms with Gasteiger partial charge in [0, 0.05) is 32.4 Å². The number of aliphatic carboxylic acids is 1. The van der Waals surface area contributed by atoms with Crippen LogP contribution in [0.25, 0.3) is 0 Å². The summed E-state index contributed by atoms with van der Waals surface area (Å²) in [4.78, 5) is 34.8. The van der Waals surface area contributed by atoms with E-state index in [0.717, 1.165) is 5.69 Å². The first kappa shape index (κ1) is 14.4. The van der Waals surface area contributed by atoms with Gasteiger partial charge >= 0.3 is 5.97 Å². The molecule has 1 N–H and O–H groups in total. The van der Waals surface area contributed by atoms with Crippen LogP contribution in [0, 0.1) is 6.92 Å². The van der Waals surface area contributed by atoms with Crippen LogP contribution in [0.4, 0.5) is 0 Å². The van der Waals surface area contributed by atoms with Gasteiger partial charge in [0.05, 0.1) is 11.9 Å². The Morgan fingerprint density at radius 1 is 1.20 bits per heavy atom. The van der Waals surface area contributed by atoms with Crippen molar-refractivity contribution in [3.63, 3.8) is 0 Å². The summed E-state index contributed by atoms with van der Waals surface area (Å²) in [5.74, 6) is -0.991. The van der Waals surface area contributed by atoms with Crippen molar-refractivity contribution in [3.8, 4) is 0 Å². The molecule has 1 aromatic rings. The lowest BCUT2D eigenvalue weighted by atomic mass is 10.2. The van der Waals surface area contributed by atoms with Crippen molar-refractivity contribution in [1.82, 2.24) is 19.8 Å². The number of carboxylic acids is 1. The first-order valence-electron chi connectivity index (χ1n) is 6.54. The van der Waals surface area contributed by atoms with Gasteiger partial charge in [-0.15, -0.1) is 0 Å². The Hall–Kier alpha value is -2.02. The molecule has 0 radical (unpaired) electrons. The minimum atomic E-state index is -0.839. The number of amides is 1. The fourth-order valence-electron chi connectivity index (χ4n) is 2.13. The second-order valence-corrected chi connectivity index (χ2v) is 4.89. The number of carboxylic acid groups (broad SMARTS) is 1. The normalized spacial score (nSPS) is 17.8. The van der Waals surface area contributed by atoms with Gasteiger partial charge in [-0.1, -0.05) is 0 Å². The molecule has 1 amide bonds. The molecule has 0 aromatic carbocycles. The van der Waals surface area contributed by atoms with Gasteiger partial charge < -0.3 is 10.0 Å². The van der Waals surface area contributed by atoms with Crippen LogP contribution < -0.4 is 0 Å². The number of aryl methyl sites for hydroxylation is 1. The molecule has 0 spiro atoms.